The zero-order chi connectivity index (χ0) is 17.4. The summed E-state index contributed by atoms with van der Waals surface area (Å²) >= 11 is 1.45. The van der Waals surface area contributed by atoms with E-state index >= 15 is 0 Å². The molecule has 2 aromatic heterocycles. The molecule has 4 rings (SSSR count). The Hall–Kier alpha value is -2.70. The Morgan fingerprint density at radius 2 is 2.12 bits per heavy atom. The molecule has 0 saturated carbocycles. The Morgan fingerprint density at radius 1 is 1.28 bits per heavy atom. The van der Waals surface area contributed by atoms with Gasteiger partial charge in [0.15, 0.2) is 0 Å². The highest BCUT2D eigenvalue weighted by molar-refractivity contribution is 7.18. The van der Waals surface area contributed by atoms with E-state index in [1.165, 1.54) is 11.3 Å². The quantitative estimate of drug-likeness (QED) is 0.584. The van der Waals surface area contributed by atoms with Crippen LogP contribution in [0.3, 0.4) is 0 Å². The third-order valence-electron chi connectivity index (χ3n) is 4.20. The molecule has 2 aromatic carbocycles. The predicted octanol–water partition coefficient (Wildman–Crippen LogP) is 4.02. The van der Waals surface area contributed by atoms with Gasteiger partial charge in [-0.25, -0.2) is 4.98 Å². The van der Waals surface area contributed by atoms with Crippen LogP contribution in [0.25, 0.3) is 21.1 Å². The average molecular weight is 351 g/mol. The van der Waals surface area contributed by atoms with Crippen molar-refractivity contribution in [2.24, 2.45) is 0 Å². The van der Waals surface area contributed by atoms with Crippen molar-refractivity contribution in [1.29, 1.82) is 0 Å². The summed E-state index contributed by atoms with van der Waals surface area (Å²) in [5.74, 6) is -0.139. The molecular formula is C19H17N3O2S. The molecule has 0 aliphatic rings. The highest BCUT2D eigenvalue weighted by atomic mass is 32.1. The molecule has 0 bridgehead atoms. The van der Waals surface area contributed by atoms with Gasteiger partial charge in [0.25, 0.3) is 5.91 Å². The highest BCUT2D eigenvalue weighted by Gasteiger charge is 2.15. The first-order chi connectivity index (χ1) is 12.2. The van der Waals surface area contributed by atoms with Crippen molar-refractivity contribution < 1.29 is 9.90 Å². The molecule has 1 amide bonds. The number of rotatable bonds is 4. The minimum absolute atomic E-state index is 0.0719. The van der Waals surface area contributed by atoms with Crippen LogP contribution in [0, 0.1) is 0 Å². The maximum atomic E-state index is 12.8. The Kier molecular flexibility index (Phi) is 3.99. The van der Waals surface area contributed by atoms with E-state index in [9.17, 15) is 9.90 Å². The molecule has 0 spiro atoms. The van der Waals surface area contributed by atoms with E-state index in [0.29, 0.717) is 16.3 Å². The first-order valence-corrected chi connectivity index (χ1v) is 8.91. The number of hydrogen-bond acceptors (Lipinski definition) is 4. The Morgan fingerprint density at radius 3 is 2.92 bits per heavy atom. The van der Waals surface area contributed by atoms with Gasteiger partial charge in [-0.1, -0.05) is 18.2 Å². The van der Waals surface area contributed by atoms with Crippen molar-refractivity contribution in [2.45, 2.75) is 20.1 Å². The van der Waals surface area contributed by atoms with Crippen molar-refractivity contribution in [1.82, 2.24) is 9.55 Å². The zero-order valence-corrected chi connectivity index (χ0v) is 14.5. The highest BCUT2D eigenvalue weighted by Crippen LogP contribution is 2.26. The summed E-state index contributed by atoms with van der Waals surface area (Å²) in [5, 5.41) is 13.8. The standard InChI is InChI=1S/C19H17N3O2S/c1-2-22-10-14(13-5-3-4-6-16(13)22)19(24)20-12-7-8-17-15(9-12)21-18(11-23)25-17/h3-10,23H,2,11H2,1H3,(H,20,24). The normalized spacial score (nSPS) is 11.3. The monoisotopic (exact) mass is 351 g/mol. The molecule has 126 valence electrons. The molecule has 0 aliphatic carbocycles. The lowest BCUT2D eigenvalue weighted by Gasteiger charge is -2.04. The number of carbonyl (C=O) groups excluding carboxylic acids is 1. The van der Waals surface area contributed by atoms with Gasteiger partial charge >= 0.3 is 0 Å². The molecule has 0 aliphatic heterocycles. The third-order valence-corrected chi connectivity index (χ3v) is 5.22. The number of nitrogens with zero attached hydrogens (tertiary/aromatic N) is 2. The fourth-order valence-corrected chi connectivity index (χ4v) is 3.82. The number of nitrogens with one attached hydrogen (secondary N) is 1. The largest absolute Gasteiger partial charge is 0.389 e. The van der Waals surface area contributed by atoms with E-state index < -0.39 is 0 Å². The van der Waals surface area contributed by atoms with Gasteiger partial charge in [0.1, 0.15) is 5.01 Å². The molecule has 0 fully saturated rings. The van der Waals surface area contributed by atoms with Crippen LogP contribution >= 0.6 is 11.3 Å². The second-order valence-electron chi connectivity index (χ2n) is 5.75. The van der Waals surface area contributed by atoms with Gasteiger partial charge < -0.3 is 15.0 Å². The van der Waals surface area contributed by atoms with Crippen LogP contribution < -0.4 is 5.32 Å². The lowest BCUT2D eigenvalue weighted by molar-refractivity contribution is 0.102. The first-order valence-electron chi connectivity index (χ1n) is 8.09. The number of aryl methyl sites for hydroxylation is 1. The van der Waals surface area contributed by atoms with Crippen LogP contribution in [0.4, 0.5) is 5.69 Å². The van der Waals surface area contributed by atoms with Gasteiger partial charge in [0.2, 0.25) is 0 Å². The van der Waals surface area contributed by atoms with E-state index in [4.69, 9.17) is 0 Å². The molecular weight excluding hydrogens is 334 g/mol. The number of benzene rings is 2. The van der Waals surface area contributed by atoms with Crippen LogP contribution in [0.1, 0.15) is 22.3 Å². The number of thiazole rings is 1. The van der Waals surface area contributed by atoms with Crippen LogP contribution in [0.2, 0.25) is 0 Å². The van der Waals surface area contributed by atoms with Crippen molar-refractivity contribution in [3.05, 3.63) is 59.2 Å². The number of aliphatic hydroxyl groups is 1. The molecule has 0 atom stereocenters. The summed E-state index contributed by atoms with van der Waals surface area (Å²) in [6, 6.07) is 13.5. The molecule has 4 aromatic rings. The number of carbonyl (C=O) groups is 1. The molecule has 0 unspecified atom stereocenters. The van der Waals surface area contributed by atoms with E-state index in [2.05, 4.69) is 21.8 Å². The van der Waals surface area contributed by atoms with E-state index in [1.54, 1.807) is 0 Å². The number of anilines is 1. The fourth-order valence-electron chi connectivity index (χ4n) is 3.01. The van der Waals surface area contributed by atoms with Crippen LogP contribution in [-0.2, 0) is 13.2 Å². The molecule has 2 heterocycles. The number of amides is 1. The van der Waals surface area contributed by atoms with E-state index in [0.717, 1.165) is 27.7 Å². The lowest BCUT2D eigenvalue weighted by Crippen LogP contribution is -2.11. The number of aliphatic hydroxyl groups excluding tert-OH is 1. The molecule has 6 heteroatoms. The van der Waals surface area contributed by atoms with Crippen molar-refractivity contribution in [3.8, 4) is 0 Å². The van der Waals surface area contributed by atoms with Crippen LogP contribution in [0.5, 0.6) is 0 Å². The van der Waals surface area contributed by atoms with E-state index in [1.807, 2.05) is 48.7 Å². The van der Waals surface area contributed by atoms with Gasteiger partial charge in [-0.2, -0.15) is 0 Å². The second-order valence-corrected chi connectivity index (χ2v) is 6.86. The second kappa shape index (κ2) is 6.31. The van der Waals surface area contributed by atoms with Gasteiger partial charge in [-0.05, 0) is 31.2 Å². The Bertz CT molecular complexity index is 1080. The summed E-state index contributed by atoms with van der Waals surface area (Å²) in [4.78, 5) is 17.1. The summed E-state index contributed by atoms with van der Waals surface area (Å²) < 4.78 is 3.06. The van der Waals surface area contributed by atoms with Crippen molar-refractivity contribution in [2.75, 3.05) is 5.32 Å². The topological polar surface area (TPSA) is 67.2 Å². The smallest absolute Gasteiger partial charge is 0.257 e. The number of para-hydroxylation sites is 1. The number of hydrogen-bond donors (Lipinski definition) is 2. The van der Waals surface area contributed by atoms with Crippen molar-refractivity contribution in [3.63, 3.8) is 0 Å². The summed E-state index contributed by atoms with van der Waals surface area (Å²) in [7, 11) is 0. The molecule has 25 heavy (non-hydrogen) atoms. The summed E-state index contributed by atoms with van der Waals surface area (Å²) in [5.41, 5.74) is 3.19. The van der Waals surface area contributed by atoms with Crippen LogP contribution in [0.15, 0.2) is 48.7 Å². The summed E-state index contributed by atoms with van der Waals surface area (Å²) in [6.07, 6.45) is 1.89. The van der Waals surface area contributed by atoms with Gasteiger partial charge in [-0.3, -0.25) is 4.79 Å². The molecule has 0 radical (unpaired) electrons. The molecule has 5 nitrogen and oxygen atoms in total. The Labute approximate surface area is 148 Å². The average Bonchev–Trinajstić information content (AvgIpc) is 3.22. The van der Waals surface area contributed by atoms with Crippen LogP contribution in [-0.4, -0.2) is 20.6 Å². The lowest BCUT2D eigenvalue weighted by atomic mass is 10.1. The molecule has 2 N–H and O–H groups in total. The van der Waals surface area contributed by atoms with Crippen molar-refractivity contribution >= 4 is 44.1 Å². The maximum absolute atomic E-state index is 12.8. The fraction of sp³-hybridized carbons (Fsp3) is 0.158. The van der Waals surface area contributed by atoms with E-state index in [-0.39, 0.29) is 12.5 Å². The summed E-state index contributed by atoms with van der Waals surface area (Å²) in [6.45, 7) is 2.79. The molecule has 0 saturated heterocycles. The minimum Gasteiger partial charge on any atom is -0.389 e. The van der Waals surface area contributed by atoms with Gasteiger partial charge in [0, 0.05) is 29.3 Å². The predicted molar refractivity (Wildman–Crippen MR) is 101 cm³/mol. The maximum Gasteiger partial charge on any atom is 0.257 e. The first kappa shape index (κ1) is 15.8. The van der Waals surface area contributed by atoms with Gasteiger partial charge in [-0.15, -0.1) is 11.3 Å². The van der Waals surface area contributed by atoms with Gasteiger partial charge in [0.05, 0.1) is 22.4 Å². The number of aromatic nitrogens is 2. The number of fused-ring (bicyclic) bond motifs is 2. The zero-order valence-electron chi connectivity index (χ0n) is 13.7. The SMILES string of the molecule is CCn1cc(C(=O)Nc2ccc3sc(CO)nc3c2)c2ccccc21. The Balaban J connectivity index is 1.68. The third kappa shape index (κ3) is 2.79. The minimum atomic E-state index is -0.139.